The van der Waals surface area contributed by atoms with Gasteiger partial charge in [-0.25, -0.2) is 0 Å². The highest BCUT2D eigenvalue weighted by molar-refractivity contribution is 7.10. The Bertz CT molecular complexity index is 533. The van der Waals surface area contributed by atoms with Crippen LogP contribution >= 0.6 is 22.9 Å². The van der Waals surface area contributed by atoms with Crippen LogP contribution < -0.4 is 5.32 Å². The second kappa shape index (κ2) is 5.92. The van der Waals surface area contributed by atoms with Crippen LogP contribution in [-0.2, 0) is 13.0 Å². The molecule has 0 unspecified atom stereocenters. The van der Waals surface area contributed by atoms with Crippen molar-refractivity contribution in [2.75, 3.05) is 5.32 Å². The Labute approximate surface area is 121 Å². The summed E-state index contributed by atoms with van der Waals surface area (Å²) in [4.78, 5) is 1.08. The van der Waals surface area contributed by atoms with Crippen molar-refractivity contribution in [3.8, 4) is 0 Å². The second-order valence-electron chi connectivity index (χ2n) is 4.90. The van der Waals surface area contributed by atoms with Gasteiger partial charge in [-0.2, -0.15) is 0 Å². The van der Waals surface area contributed by atoms with Gasteiger partial charge in [0.2, 0.25) is 5.89 Å². The maximum absolute atomic E-state index is 6.03. The molecule has 0 saturated heterocycles. The van der Waals surface area contributed by atoms with E-state index in [0.717, 1.165) is 28.1 Å². The first kappa shape index (κ1) is 12.9. The zero-order chi connectivity index (χ0) is 13.1. The van der Waals surface area contributed by atoms with Gasteiger partial charge in [-0.1, -0.05) is 29.5 Å². The number of nitrogens with one attached hydrogen (secondary N) is 1. The fourth-order valence-electron chi connectivity index (χ4n) is 2.48. The summed E-state index contributed by atoms with van der Waals surface area (Å²) in [6, 6.07) is 2.38. The first-order valence-electron chi connectivity index (χ1n) is 6.59. The van der Waals surface area contributed by atoms with Gasteiger partial charge in [0, 0.05) is 11.3 Å². The van der Waals surface area contributed by atoms with E-state index in [-0.39, 0.29) is 0 Å². The van der Waals surface area contributed by atoms with E-state index in [1.54, 1.807) is 11.3 Å². The Morgan fingerprint density at radius 2 is 2.21 bits per heavy atom. The van der Waals surface area contributed by atoms with E-state index in [2.05, 4.69) is 15.5 Å². The second-order valence-corrected chi connectivity index (χ2v) is 6.31. The van der Waals surface area contributed by atoms with Gasteiger partial charge >= 0.3 is 6.01 Å². The van der Waals surface area contributed by atoms with Gasteiger partial charge in [-0.15, -0.1) is 16.4 Å². The van der Waals surface area contributed by atoms with Crippen molar-refractivity contribution in [3.63, 3.8) is 0 Å². The average molecular weight is 298 g/mol. The van der Waals surface area contributed by atoms with E-state index >= 15 is 0 Å². The lowest BCUT2D eigenvalue weighted by Gasteiger charge is -2.03. The van der Waals surface area contributed by atoms with E-state index < -0.39 is 0 Å². The summed E-state index contributed by atoms with van der Waals surface area (Å²) in [6.07, 6.45) is 6.15. The largest absolute Gasteiger partial charge is 0.408 e. The lowest BCUT2D eigenvalue weighted by atomic mass is 10.0. The van der Waals surface area contributed by atoms with Gasteiger partial charge in [0.1, 0.15) is 0 Å². The smallest absolute Gasteiger partial charge is 0.315 e. The lowest BCUT2D eigenvalue weighted by molar-refractivity contribution is 0.437. The molecule has 0 aliphatic heterocycles. The van der Waals surface area contributed by atoms with Crippen LogP contribution in [0.4, 0.5) is 6.01 Å². The summed E-state index contributed by atoms with van der Waals surface area (Å²) in [5.41, 5.74) is 0. The molecule has 0 atom stereocenters. The molecule has 1 aliphatic rings. The highest BCUT2D eigenvalue weighted by Crippen LogP contribution is 2.28. The molecule has 102 valence electrons. The van der Waals surface area contributed by atoms with Gasteiger partial charge in [-0.3, -0.25) is 0 Å². The minimum atomic E-state index is 0.484. The molecule has 6 heteroatoms. The molecule has 4 nitrogen and oxygen atoms in total. The number of hydrogen-bond acceptors (Lipinski definition) is 5. The molecule has 0 radical (unpaired) electrons. The molecule has 2 aromatic rings. The van der Waals surface area contributed by atoms with Crippen LogP contribution in [0.3, 0.4) is 0 Å². The number of hydrogen-bond donors (Lipinski definition) is 1. The van der Waals surface area contributed by atoms with E-state index in [9.17, 15) is 0 Å². The topological polar surface area (TPSA) is 51.0 Å². The molecule has 1 aliphatic carbocycles. The highest BCUT2D eigenvalue weighted by Gasteiger charge is 2.18. The van der Waals surface area contributed by atoms with Gasteiger partial charge < -0.3 is 9.73 Å². The first-order valence-corrected chi connectivity index (χ1v) is 7.85. The molecule has 19 heavy (non-hydrogen) atoms. The quantitative estimate of drug-likeness (QED) is 0.901. The molecule has 0 bridgehead atoms. The predicted octanol–water partition coefficient (Wildman–Crippen LogP) is 4.13. The molecule has 0 aromatic carbocycles. The van der Waals surface area contributed by atoms with Gasteiger partial charge in [0.05, 0.1) is 11.6 Å². The number of nitrogens with zero attached hydrogens (tertiary/aromatic N) is 2. The van der Waals surface area contributed by atoms with Crippen LogP contribution in [0.25, 0.3) is 0 Å². The Kier molecular flexibility index (Phi) is 4.03. The predicted molar refractivity (Wildman–Crippen MR) is 76.6 cm³/mol. The fourth-order valence-corrected chi connectivity index (χ4v) is 3.52. The molecule has 1 N–H and O–H groups in total. The number of anilines is 1. The normalized spacial score (nSPS) is 16.1. The Hall–Kier alpha value is -1.07. The Morgan fingerprint density at radius 3 is 2.95 bits per heavy atom. The van der Waals surface area contributed by atoms with Crippen LogP contribution in [0, 0.1) is 5.92 Å². The molecule has 2 aromatic heterocycles. The summed E-state index contributed by atoms with van der Waals surface area (Å²) in [6.45, 7) is 0.627. The summed E-state index contributed by atoms with van der Waals surface area (Å²) < 4.78 is 5.61. The van der Waals surface area contributed by atoms with Gasteiger partial charge in [0.25, 0.3) is 0 Å². The van der Waals surface area contributed by atoms with Gasteiger partial charge in [-0.05, 0) is 30.2 Å². The van der Waals surface area contributed by atoms with Crippen molar-refractivity contribution in [1.29, 1.82) is 0 Å². The van der Waals surface area contributed by atoms with Crippen molar-refractivity contribution in [3.05, 3.63) is 27.2 Å². The highest BCUT2D eigenvalue weighted by atomic mass is 35.5. The lowest BCUT2D eigenvalue weighted by Crippen LogP contribution is -1.98. The van der Waals surface area contributed by atoms with Crippen LogP contribution in [0.15, 0.2) is 15.9 Å². The van der Waals surface area contributed by atoms with Crippen molar-refractivity contribution >= 4 is 29.0 Å². The zero-order valence-electron chi connectivity index (χ0n) is 10.6. The SMILES string of the molecule is Clc1ccsc1CNc1nnc(CC2CCCC2)o1. The molecule has 0 spiro atoms. The van der Waals surface area contributed by atoms with Gasteiger partial charge in [0.15, 0.2) is 0 Å². The minimum absolute atomic E-state index is 0.484. The van der Waals surface area contributed by atoms with E-state index in [1.807, 2.05) is 11.4 Å². The molecule has 1 fully saturated rings. The van der Waals surface area contributed by atoms with Crippen molar-refractivity contribution in [1.82, 2.24) is 10.2 Å². The first-order chi connectivity index (χ1) is 9.31. The van der Waals surface area contributed by atoms with Crippen LogP contribution in [-0.4, -0.2) is 10.2 Å². The number of halogens is 1. The summed E-state index contributed by atoms with van der Waals surface area (Å²) in [5.74, 6) is 1.46. The summed E-state index contributed by atoms with van der Waals surface area (Å²) >= 11 is 7.65. The molecule has 2 heterocycles. The third-order valence-electron chi connectivity index (χ3n) is 3.50. The van der Waals surface area contributed by atoms with Crippen LogP contribution in [0.5, 0.6) is 0 Å². The van der Waals surface area contributed by atoms with Crippen molar-refractivity contribution in [2.45, 2.75) is 38.6 Å². The standard InChI is InChI=1S/C13H16ClN3OS/c14-10-5-6-19-11(10)8-15-13-17-16-12(18-13)7-9-3-1-2-4-9/h5-6,9H,1-4,7-8H2,(H,15,17). The molecular formula is C13H16ClN3OS. The molecule has 0 amide bonds. The summed E-state index contributed by atoms with van der Waals surface area (Å²) in [7, 11) is 0. The molecular weight excluding hydrogens is 282 g/mol. The van der Waals surface area contributed by atoms with Crippen LogP contribution in [0.1, 0.15) is 36.5 Å². The van der Waals surface area contributed by atoms with E-state index in [0.29, 0.717) is 12.6 Å². The third kappa shape index (κ3) is 3.28. The average Bonchev–Trinajstić information content (AvgIpc) is 3.10. The number of thiophene rings is 1. The third-order valence-corrected chi connectivity index (χ3v) is 4.88. The fraction of sp³-hybridized carbons (Fsp3) is 0.538. The van der Waals surface area contributed by atoms with Crippen molar-refractivity contribution < 1.29 is 4.42 Å². The molecule has 1 saturated carbocycles. The van der Waals surface area contributed by atoms with Crippen LogP contribution in [0.2, 0.25) is 5.02 Å². The van der Waals surface area contributed by atoms with E-state index in [1.165, 1.54) is 25.7 Å². The minimum Gasteiger partial charge on any atom is -0.408 e. The number of rotatable bonds is 5. The number of aromatic nitrogens is 2. The maximum atomic E-state index is 6.03. The zero-order valence-corrected chi connectivity index (χ0v) is 12.1. The maximum Gasteiger partial charge on any atom is 0.315 e. The Balaban J connectivity index is 1.54. The monoisotopic (exact) mass is 297 g/mol. The summed E-state index contributed by atoms with van der Waals surface area (Å²) in [5, 5.41) is 14.0. The molecule has 3 rings (SSSR count). The Morgan fingerprint density at radius 1 is 1.37 bits per heavy atom. The van der Waals surface area contributed by atoms with Crippen molar-refractivity contribution in [2.24, 2.45) is 5.92 Å². The van der Waals surface area contributed by atoms with E-state index in [4.69, 9.17) is 16.0 Å².